The molecule has 0 saturated carbocycles. The van der Waals surface area contributed by atoms with Gasteiger partial charge in [-0.2, -0.15) is 4.31 Å². The number of hydrogen-bond donors (Lipinski definition) is 1. The van der Waals surface area contributed by atoms with Crippen molar-refractivity contribution >= 4 is 27.3 Å². The normalized spacial score (nSPS) is 11.9. The number of hydrogen-bond acceptors (Lipinski definition) is 6. The number of aromatic nitrogens is 2. The molecule has 0 aliphatic carbocycles. The molecular weight excluding hydrogens is 272 g/mol. The van der Waals surface area contributed by atoms with Gasteiger partial charge in [0.2, 0.25) is 16.0 Å². The Kier molecular flexibility index (Phi) is 3.60. The lowest BCUT2D eigenvalue weighted by Crippen LogP contribution is -2.26. The molecule has 0 spiro atoms. The fraction of sp³-hybridized carbons (Fsp3) is 0.200. The standard InChI is InChI=1S/C10H12N4O2S2/c1-14(7-8-3-2-4-17-8)18(15,16)9-5-12-10(11)13-6-9/h2-6H,7H2,1H3,(H2,11,12,13). The second kappa shape index (κ2) is 5.01. The third kappa shape index (κ3) is 2.66. The van der Waals surface area contributed by atoms with Gasteiger partial charge in [-0.25, -0.2) is 18.4 Å². The van der Waals surface area contributed by atoms with Crippen LogP contribution in [0.5, 0.6) is 0 Å². The minimum absolute atomic E-state index is 0.0377. The molecular formula is C10H12N4O2S2. The number of anilines is 1. The van der Waals surface area contributed by atoms with Gasteiger partial charge in [0.15, 0.2) is 0 Å². The van der Waals surface area contributed by atoms with Crippen molar-refractivity contribution in [3.63, 3.8) is 0 Å². The maximum absolute atomic E-state index is 12.2. The summed E-state index contributed by atoms with van der Waals surface area (Å²) >= 11 is 1.51. The molecule has 2 aromatic rings. The summed E-state index contributed by atoms with van der Waals surface area (Å²) in [4.78, 5) is 8.38. The fourth-order valence-electron chi connectivity index (χ4n) is 1.35. The number of sulfonamides is 1. The molecule has 2 N–H and O–H groups in total. The van der Waals surface area contributed by atoms with Gasteiger partial charge in [0.25, 0.3) is 0 Å². The Labute approximate surface area is 109 Å². The second-order valence-corrected chi connectivity index (χ2v) is 6.69. The Hall–Kier alpha value is -1.51. The number of nitrogens with two attached hydrogens (primary N) is 1. The molecule has 0 aromatic carbocycles. The van der Waals surface area contributed by atoms with Crippen LogP contribution in [0.2, 0.25) is 0 Å². The zero-order chi connectivity index (χ0) is 13.2. The van der Waals surface area contributed by atoms with E-state index < -0.39 is 10.0 Å². The summed E-state index contributed by atoms with van der Waals surface area (Å²) in [7, 11) is -2.05. The average molecular weight is 284 g/mol. The molecule has 2 rings (SSSR count). The highest BCUT2D eigenvalue weighted by molar-refractivity contribution is 7.89. The van der Waals surface area contributed by atoms with Gasteiger partial charge in [-0.15, -0.1) is 11.3 Å². The van der Waals surface area contributed by atoms with Crippen LogP contribution >= 0.6 is 11.3 Å². The smallest absolute Gasteiger partial charge is 0.246 e. The number of nitrogen functional groups attached to an aromatic ring is 1. The monoisotopic (exact) mass is 284 g/mol. The minimum Gasteiger partial charge on any atom is -0.368 e. The van der Waals surface area contributed by atoms with E-state index in [0.717, 1.165) is 4.88 Å². The highest BCUT2D eigenvalue weighted by Gasteiger charge is 2.21. The zero-order valence-corrected chi connectivity index (χ0v) is 11.3. The number of thiophene rings is 1. The lowest BCUT2D eigenvalue weighted by Gasteiger charge is -2.15. The van der Waals surface area contributed by atoms with Crippen molar-refractivity contribution in [1.29, 1.82) is 0 Å². The fourth-order valence-corrected chi connectivity index (χ4v) is 3.23. The number of rotatable bonds is 4. The van der Waals surface area contributed by atoms with E-state index in [1.54, 1.807) is 0 Å². The summed E-state index contributed by atoms with van der Waals surface area (Å²) in [6, 6.07) is 3.77. The predicted octanol–water partition coefficient (Wildman–Crippen LogP) is 0.941. The van der Waals surface area contributed by atoms with Crippen LogP contribution in [0.1, 0.15) is 4.88 Å². The largest absolute Gasteiger partial charge is 0.368 e. The summed E-state index contributed by atoms with van der Waals surface area (Å²) in [6.45, 7) is 0.324. The molecule has 0 radical (unpaired) electrons. The Balaban J connectivity index is 2.22. The van der Waals surface area contributed by atoms with Crippen LogP contribution in [-0.2, 0) is 16.6 Å². The van der Waals surface area contributed by atoms with Crippen molar-refractivity contribution in [3.8, 4) is 0 Å². The van der Waals surface area contributed by atoms with Crippen LogP contribution in [0.3, 0.4) is 0 Å². The van der Waals surface area contributed by atoms with E-state index in [1.807, 2.05) is 17.5 Å². The third-order valence-electron chi connectivity index (χ3n) is 2.31. The first-order valence-electron chi connectivity index (χ1n) is 5.06. The van der Waals surface area contributed by atoms with Crippen LogP contribution < -0.4 is 5.73 Å². The summed E-state index contributed by atoms with van der Waals surface area (Å²) < 4.78 is 25.6. The Bertz CT molecular complexity index is 608. The van der Waals surface area contributed by atoms with Crippen LogP contribution in [0.4, 0.5) is 5.95 Å². The van der Waals surface area contributed by atoms with Gasteiger partial charge >= 0.3 is 0 Å². The van der Waals surface area contributed by atoms with Gasteiger partial charge in [-0.05, 0) is 11.4 Å². The molecule has 0 bridgehead atoms. The molecule has 0 fully saturated rings. The van der Waals surface area contributed by atoms with Gasteiger partial charge in [0, 0.05) is 18.5 Å². The van der Waals surface area contributed by atoms with Crippen molar-refractivity contribution in [3.05, 3.63) is 34.8 Å². The molecule has 0 unspecified atom stereocenters. The van der Waals surface area contributed by atoms with Gasteiger partial charge in [-0.1, -0.05) is 6.07 Å². The second-order valence-electron chi connectivity index (χ2n) is 3.62. The van der Waals surface area contributed by atoms with Crippen LogP contribution in [-0.4, -0.2) is 29.7 Å². The van der Waals surface area contributed by atoms with Crippen molar-refractivity contribution in [2.24, 2.45) is 0 Å². The quantitative estimate of drug-likeness (QED) is 0.902. The van der Waals surface area contributed by atoms with Crippen molar-refractivity contribution in [2.45, 2.75) is 11.4 Å². The Morgan fingerprint density at radius 3 is 2.61 bits per heavy atom. The SMILES string of the molecule is CN(Cc1cccs1)S(=O)(=O)c1cnc(N)nc1. The molecule has 0 aliphatic heterocycles. The molecule has 2 heterocycles. The lowest BCUT2D eigenvalue weighted by atomic mass is 10.5. The predicted molar refractivity (Wildman–Crippen MR) is 69.4 cm³/mol. The van der Waals surface area contributed by atoms with Crippen molar-refractivity contribution < 1.29 is 8.42 Å². The summed E-state index contributed by atoms with van der Waals surface area (Å²) in [5.74, 6) is 0.0508. The summed E-state index contributed by atoms with van der Waals surface area (Å²) in [5.41, 5.74) is 5.33. The average Bonchev–Trinajstić information content (AvgIpc) is 2.82. The first-order valence-corrected chi connectivity index (χ1v) is 7.38. The first kappa shape index (κ1) is 12.9. The number of nitrogens with zero attached hydrogens (tertiary/aromatic N) is 3. The molecule has 0 aliphatic rings. The highest BCUT2D eigenvalue weighted by atomic mass is 32.2. The maximum atomic E-state index is 12.2. The van der Waals surface area contributed by atoms with Gasteiger partial charge in [0.1, 0.15) is 4.90 Å². The zero-order valence-electron chi connectivity index (χ0n) is 9.65. The van der Waals surface area contributed by atoms with Gasteiger partial charge < -0.3 is 5.73 Å². The third-order valence-corrected chi connectivity index (χ3v) is 4.93. The van der Waals surface area contributed by atoms with Crippen LogP contribution in [0.25, 0.3) is 0 Å². The van der Waals surface area contributed by atoms with E-state index in [0.29, 0.717) is 6.54 Å². The maximum Gasteiger partial charge on any atom is 0.246 e. The molecule has 0 amide bonds. The van der Waals surface area contributed by atoms with E-state index in [1.165, 1.54) is 35.1 Å². The van der Waals surface area contributed by atoms with Crippen LogP contribution in [0, 0.1) is 0 Å². The van der Waals surface area contributed by atoms with Crippen LogP contribution in [0.15, 0.2) is 34.8 Å². The molecule has 8 heteroatoms. The Morgan fingerprint density at radius 1 is 1.39 bits per heavy atom. The van der Waals surface area contributed by atoms with E-state index in [9.17, 15) is 8.42 Å². The Morgan fingerprint density at radius 2 is 2.06 bits per heavy atom. The van der Waals surface area contributed by atoms with Gasteiger partial charge in [-0.3, -0.25) is 0 Å². The van der Waals surface area contributed by atoms with E-state index in [2.05, 4.69) is 9.97 Å². The van der Waals surface area contributed by atoms with E-state index >= 15 is 0 Å². The molecule has 96 valence electrons. The topological polar surface area (TPSA) is 89.2 Å². The first-order chi connectivity index (χ1) is 8.50. The summed E-state index contributed by atoms with van der Waals surface area (Å²) in [5, 5.41) is 1.90. The molecule has 0 atom stereocenters. The van der Waals surface area contributed by atoms with Crippen molar-refractivity contribution in [2.75, 3.05) is 12.8 Å². The lowest BCUT2D eigenvalue weighted by molar-refractivity contribution is 0.469. The van der Waals surface area contributed by atoms with Gasteiger partial charge in [0.05, 0.1) is 12.4 Å². The highest BCUT2D eigenvalue weighted by Crippen LogP contribution is 2.17. The molecule has 0 saturated heterocycles. The van der Waals surface area contributed by atoms with E-state index in [4.69, 9.17) is 5.73 Å². The summed E-state index contributed by atoms with van der Waals surface area (Å²) in [6.07, 6.45) is 2.42. The molecule has 18 heavy (non-hydrogen) atoms. The minimum atomic E-state index is -3.57. The molecule has 6 nitrogen and oxygen atoms in total. The van der Waals surface area contributed by atoms with Crippen molar-refractivity contribution in [1.82, 2.24) is 14.3 Å². The molecule has 2 aromatic heterocycles. The van der Waals surface area contributed by atoms with E-state index in [-0.39, 0.29) is 10.8 Å².